The van der Waals surface area contributed by atoms with Crippen molar-refractivity contribution in [3.63, 3.8) is 0 Å². The molecule has 3 N–H and O–H groups in total. The fraction of sp³-hybridized carbons (Fsp3) is 0.926. The summed E-state index contributed by atoms with van der Waals surface area (Å²) in [7, 11) is 0. The van der Waals surface area contributed by atoms with Crippen LogP contribution in [-0.4, -0.2) is 33.1 Å². The molecule has 172 valence electrons. The number of allylic oxidation sites excluding steroid dienone is 1. The van der Waals surface area contributed by atoms with E-state index in [1.807, 2.05) is 13.8 Å². The third-order valence-corrected chi connectivity index (χ3v) is 10.4. The minimum Gasteiger partial charge on any atom is -0.393 e. The van der Waals surface area contributed by atoms with Crippen LogP contribution in [0.1, 0.15) is 98.8 Å². The van der Waals surface area contributed by atoms with Crippen molar-refractivity contribution in [2.45, 2.75) is 117 Å². The zero-order chi connectivity index (χ0) is 21.9. The van der Waals surface area contributed by atoms with E-state index < -0.39 is 11.7 Å². The van der Waals surface area contributed by atoms with Gasteiger partial charge in [0, 0.05) is 11.8 Å². The number of aliphatic hydroxyl groups is 3. The summed E-state index contributed by atoms with van der Waals surface area (Å²) in [5.41, 5.74) is 1.10. The maximum absolute atomic E-state index is 11.1. The Kier molecular flexibility index (Phi) is 5.99. The SMILES string of the molecule is C[C@H](CCCC(C)(C)O)[C@H]1CC[C@H]2C3CC=C4C[C@@H](O)C[C@H](O)[C@]4(C)C3CC[C@]12C. The Labute approximate surface area is 184 Å². The van der Waals surface area contributed by atoms with Crippen molar-refractivity contribution in [2.75, 3.05) is 0 Å². The lowest BCUT2D eigenvalue weighted by atomic mass is 9.46. The van der Waals surface area contributed by atoms with E-state index in [2.05, 4.69) is 26.8 Å². The van der Waals surface area contributed by atoms with Crippen molar-refractivity contribution in [1.82, 2.24) is 0 Å². The van der Waals surface area contributed by atoms with Crippen molar-refractivity contribution < 1.29 is 15.3 Å². The standard InChI is InChI=1S/C27H46O3/c1-17(7-6-13-25(2,3)30)21-10-11-22-20-9-8-18-15-19(28)16-24(29)27(18,5)23(20)12-14-26(21,22)4/h8,17,19-24,28-30H,6-7,9-16H2,1-5H3/t17-,19-,20?,21-,22+,23?,24+,26-,27+/m1/s1. The second-order valence-electron chi connectivity index (χ2n) is 12.6. The Morgan fingerprint density at radius 1 is 1.13 bits per heavy atom. The van der Waals surface area contributed by atoms with E-state index in [0.717, 1.165) is 43.4 Å². The fourth-order valence-corrected chi connectivity index (χ4v) is 8.73. The molecule has 0 aromatic carbocycles. The third kappa shape index (κ3) is 3.71. The molecule has 0 bridgehead atoms. The number of rotatable bonds is 5. The van der Waals surface area contributed by atoms with Crippen LogP contribution in [0.25, 0.3) is 0 Å². The van der Waals surface area contributed by atoms with E-state index in [-0.39, 0.29) is 11.5 Å². The molecule has 3 nitrogen and oxygen atoms in total. The van der Waals surface area contributed by atoms with E-state index in [1.54, 1.807) is 0 Å². The van der Waals surface area contributed by atoms with Gasteiger partial charge in [0.15, 0.2) is 0 Å². The van der Waals surface area contributed by atoms with Crippen molar-refractivity contribution in [3.8, 4) is 0 Å². The van der Waals surface area contributed by atoms with Gasteiger partial charge in [0.2, 0.25) is 0 Å². The summed E-state index contributed by atoms with van der Waals surface area (Å²) in [5, 5.41) is 31.4. The van der Waals surface area contributed by atoms with Gasteiger partial charge in [-0.15, -0.1) is 0 Å². The van der Waals surface area contributed by atoms with Crippen molar-refractivity contribution in [3.05, 3.63) is 11.6 Å². The molecule has 0 aromatic heterocycles. The number of hydrogen-bond donors (Lipinski definition) is 3. The minimum atomic E-state index is -0.546. The van der Waals surface area contributed by atoms with Crippen LogP contribution < -0.4 is 0 Å². The molecule has 3 saturated carbocycles. The molecule has 4 rings (SSSR count). The van der Waals surface area contributed by atoms with Crippen molar-refractivity contribution in [2.24, 2.45) is 40.4 Å². The predicted octanol–water partition coefficient (Wildman–Crippen LogP) is 5.47. The van der Waals surface area contributed by atoms with Crippen LogP contribution in [0.2, 0.25) is 0 Å². The van der Waals surface area contributed by atoms with Crippen LogP contribution in [0.15, 0.2) is 11.6 Å². The van der Waals surface area contributed by atoms with Gasteiger partial charge in [0.05, 0.1) is 17.8 Å². The monoisotopic (exact) mass is 418 g/mol. The summed E-state index contributed by atoms with van der Waals surface area (Å²) in [4.78, 5) is 0. The molecule has 0 aliphatic heterocycles. The minimum absolute atomic E-state index is 0.125. The first kappa shape index (κ1) is 22.8. The molecule has 30 heavy (non-hydrogen) atoms. The highest BCUT2D eigenvalue weighted by Gasteiger charge is 2.60. The highest BCUT2D eigenvalue weighted by Crippen LogP contribution is 2.67. The second kappa shape index (κ2) is 7.89. The van der Waals surface area contributed by atoms with E-state index >= 15 is 0 Å². The number of fused-ring (bicyclic) bond motifs is 5. The van der Waals surface area contributed by atoms with E-state index in [4.69, 9.17) is 0 Å². The largest absolute Gasteiger partial charge is 0.393 e. The first-order valence-corrected chi connectivity index (χ1v) is 12.7. The highest BCUT2D eigenvalue weighted by atomic mass is 16.3. The summed E-state index contributed by atoms with van der Waals surface area (Å²) < 4.78 is 0. The molecule has 0 spiro atoms. The van der Waals surface area contributed by atoms with Gasteiger partial charge < -0.3 is 15.3 Å². The molecule has 0 saturated heterocycles. The summed E-state index contributed by atoms with van der Waals surface area (Å²) in [6, 6.07) is 0. The van der Waals surface area contributed by atoms with Crippen LogP contribution in [0.4, 0.5) is 0 Å². The number of aliphatic hydroxyl groups excluding tert-OH is 2. The zero-order valence-corrected chi connectivity index (χ0v) is 20.0. The molecule has 0 heterocycles. The maximum atomic E-state index is 11.1. The molecule has 2 unspecified atom stereocenters. The Balaban J connectivity index is 1.50. The molecule has 3 fully saturated rings. The molecular weight excluding hydrogens is 372 g/mol. The van der Waals surface area contributed by atoms with Gasteiger partial charge in [0.1, 0.15) is 0 Å². The lowest BCUT2D eigenvalue weighted by Crippen LogP contribution is -2.55. The van der Waals surface area contributed by atoms with Gasteiger partial charge in [0.25, 0.3) is 0 Å². The van der Waals surface area contributed by atoms with Gasteiger partial charge in [-0.25, -0.2) is 0 Å². The number of hydrogen-bond acceptors (Lipinski definition) is 3. The van der Waals surface area contributed by atoms with Crippen LogP contribution in [0.3, 0.4) is 0 Å². The van der Waals surface area contributed by atoms with Crippen LogP contribution in [-0.2, 0) is 0 Å². The second-order valence-corrected chi connectivity index (χ2v) is 12.6. The first-order valence-electron chi connectivity index (χ1n) is 12.7. The van der Waals surface area contributed by atoms with E-state index in [1.165, 1.54) is 37.7 Å². The lowest BCUT2D eigenvalue weighted by Gasteiger charge is -2.59. The smallest absolute Gasteiger partial charge is 0.0658 e. The highest BCUT2D eigenvalue weighted by molar-refractivity contribution is 5.27. The Bertz CT molecular complexity index is 664. The third-order valence-electron chi connectivity index (χ3n) is 10.4. The summed E-state index contributed by atoms with van der Waals surface area (Å²) in [5.74, 6) is 3.55. The molecule has 3 heteroatoms. The van der Waals surface area contributed by atoms with Crippen LogP contribution in [0, 0.1) is 40.4 Å². The average Bonchev–Trinajstić information content (AvgIpc) is 2.99. The molecule has 0 radical (unpaired) electrons. The van der Waals surface area contributed by atoms with Gasteiger partial charge in [-0.05, 0) is 93.8 Å². The summed E-state index contributed by atoms with van der Waals surface area (Å²) in [6.45, 7) is 11.2. The summed E-state index contributed by atoms with van der Waals surface area (Å²) >= 11 is 0. The van der Waals surface area contributed by atoms with E-state index in [9.17, 15) is 15.3 Å². The van der Waals surface area contributed by atoms with Gasteiger partial charge in [-0.1, -0.05) is 45.3 Å². The normalized spacial score (nSPS) is 47.1. The lowest BCUT2D eigenvalue weighted by molar-refractivity contribution is -0.108. The Hall–Kier alpha value is -0.380. The fourth-order valence-electron chi connectivity index (χ4n) is 8.73. The van der Waals surface area contributed by atoms with Crippen molar-refractivity contribution >= 4 is 0 Å². The van der Waals surface area contributed by atoms with Gasteiger partial charge in [-0.3, -0.25) is 0 Å². The Morgan fingerprint density at radius 3 is 2.57 bits per heavy atom. The molecular formula is C27H46O3. The summed E-state index contributed by atoms with van der Waals surface area (Å²) in [6.07, 6.45) is 12.5. The van der Waals surface area contributed by atoms with Crippen molar-refractivity contribution in [1.29, 1.82) is 0 Å². The first-order chi connectivity index (χ1) is 14.0. The Morgan fingerprint density at radius 2 is 1.87 bits per heavy atom. The molecule has 0 amide bonds. The van der Waals surface area contributed by atoms with Gasteiger partial charge >= 0.3 is 0 Å². The van der Waals surface area contributed by atoms with E-state index in [0.29, 0.717) is 23.7 Å². The molecule has 4 aliphatic rings. The average molecular weight is 419 g/mol. The molecule has 4 aliphatic carbocycles. The zero-order valence-electron chi connectivity index (χ0n) is 20.0. The molecule has 9 atom stereocenters. The maximum Gasteiger partial charge on any atom is 0.0658 e. The predicted molar refractivity (Wildman–Crippen MR) is 122 cm³/mol. The quantitative estimate of drug-likeness (QED) is 0.519. The van der Waals surface area contributed by atoms with Crippen LogP contribution in [0.5, 0.6) is 0 Å². The van der Waals surface area contributed by atoms with Gasteiger partial charge in [-0.2, -0.15) is 0 Å². The molecule has 0 aromatic rings. The topological polar surface area (TPSA) is 60.7 Å². The van der Waals surface area contributed by atoms with Crippen LogP contribution >= 0.6 is 0 Å².